The third-order valence-electron chi connectivity index (χ3n) is 2.99. The number of hydrogen-bond acceptors (Lipinski definition) is 4. The maximum Gasteiger partial charge on any atom is 0.337 e. The zero-order valence-electron chi connectivity index (χ0n) is 11.3. The summed E-state index contributed by atoms with van der Waals surface area (Å²) >= 11 is 3.41. The van der Waals surface area contributed by atoms with Gasteiger partial charge in [0.05, 0.1) is 12.8 Å². The Hall–Kier alpha value is -1.88. The summed E-state index contributed by atoms with van der Waals surface area (Å²) in [4.78, 5) is 16.5. The SMILES string of the molecule is COC(=O)C(C)(Nc1cccc(Br)c1)c1ccccn1. The molecule has 0 aliphatic carbocycles. The van der Waals surface area contributed by atoms with E-state index in [1.165, 1.54) is 7.11 Å². The van der Waals surface area contributed by atoms with Crippen LogP contribution in [0.3, 0.4) is 0 Å². The molecule has 1 heterocycles. The molecule has 0 aliphatic heterocycles. The number of esters is 1. The molecule has 0 aliphatic rings. The van der Waals surface area contributed by atoms with Crippen molar-refractivity contribution in [2.45, 2.75) is 12.5 Å². The first-order chi connectivity index (χ1) is 9.56. The van der Waals surface area contributed by atoms with Gasteiger partial charge in [0.2, 0.25) is 0 Å². The molecule has 1 N–H and O–H groups in total. The zero-order chi connectivity index (χ0) is 14.6. The quantitative estimate of drug-likeness (QED) is 0.871. The summed E-state index contributed by atoms with van der Waals surface area (Å²) in [5, 5.41) is 3.20. The number of rotatable bonds is 4. The van der Waals surface area contributed by atoms with Gasteiger partial charge in [-0.1, -0.05) is 28.1 Å². The van der Waals surface area contributed by atoms with Crippen LogP contribution in [-0.4, -0.2) is 18.1 Å². The fourth-order valence-corrected chi connectivity index (χ4v) is 2.34. The molecule has 1 atom stereocenters. The van der Waals surface area contributed by atoms with Crippen molar-refractivity contribution in [3.05, 3.63) is 58.8 Å². The minimum absolute atomic E-state index is 0.392. The number of nitrogens with one attached hydrogen (secondary N) is 1. The third kappa shape index (κ3) is 2.99. The monoisotopic (exact) mass is 334 g/mol. The Kier molecular flexibility index (Phi) is 4.39. The molecule has 104 valence electrons. The summed E-state index contributed by atoms with van der Waals surface area (Å²) in [5.74, 6) is -0.392. The van der Waals surface area contributed by atoms with Gasteiger partial charge in [-0.2, -0.15) is 0 Å². The van der Waals surface area contributed by atoms with Crippen molar-refractivity contribution in [3.8, 4) is 0 Å². The lowest BCUT2D eigenvalue weighted by atomic mass is 9.96. The number of hydrogen-bond donors (Lipinski definition) is 1. The largest absolute Gasteiger partial charge is 0.467 e. The summed E-state index contributed by atoms with van der Waals surface area (Å²) in [6, 6.07) is 13.0. The van der Waals surface area contributed by atoms with Gasteiger partial charge in [0, 0.05) is 16.4 Å². The minimum atomic E-state index is -1.04. The molecule has 2 aromatic rings. The highest BCUT2D eigenvalue weighted by Gasteiger charge is 2.37. The molecule has 1 unspecified atom stereocenters. The van der Waals surface area contributed by atoms with Crippen molar-refractivity contribution < 1.29 is 9.53 Å². The Balaban J connectivity index is 2.41. The van der Waals surface area contributed by atoms with Crippen LogP contribution in [0.15, 0.2) is 53.1 Å². The Morgan fingerprint density at radius 3 is 2.70 bits per heavy atom. The number of ether oxygens (including phenoxy) is 1. The highest BCUT2D eigenvalue weighted by atomic mass is 79.9. The van der Waals surface area contributed by atoms with E-state index in [-0.39, 0.29) is 0 Å². The van der Waals surface area contributed by atoms with Gasteiger partial charge >= 0.3 is 5.97 Å². The van der Waals surface area contributed by atoms with Crippen LogP contribution in [0, 0.1) is 0 Å². The Labute approximate surface area is 126 Å². The highest BCUT2D eigenvalue weighted by molar-refractivity contribution is 9.10. The van der Waals surface area contributed by atoms with E-state index in [1.54, 1.807) is 25.3 Å². The predicted octanol–water partition coefficient (Wildman–Crippen LogP) is 3.34. The van der Waals surface area contributed by atoms with E-state index >= 15 is 0 Å². The topological polar surface area (TPSA) is 51.2 Å². The smallest absolute Gasteiger partial charge is 0.337 e. The van der Waals surface area contributed by atoms with Gasteiger partial charge in [0.15, 0.2) is 5.54 Å². The summed E-state index contributed by atoms with van der Waals surface area (Å²) in [7, 11) is 1.37. The van der Waals surface area contributed by atoms with Crippen LogP contribution >= 0.6 is 15.9 Å². The number of methoxy groups -OCH3 is 1. The number of carbonyl (C=O) groups excluding carboxylic acids is 1. The second-order valence-corrected chi connectivity index (χ2v) is 5.38. The number of anilines is 1. The molecule has 0 saturated carbocycles. The highest BCUT2D eigenvalue weighted by Crippen LogP contribution is 2.27. The van der Waals surface area contributed by atoms with Gasteiger partial charge in [-0.05, 0) is 37.3 Å². The van der Waals surface area contributed by atoms with Crippen molar-refractivity contribution in [2.24, 2.45) is 0 Å². The van der Waals surface area contributed by atoms with Crippen LogP contribution in [0.25, 0.3) is 0 Å². The van der Waals surface area contributed by atoms with E-state index in [9.17, 15) is 4.79 Å². The van der Waals surface area contributed by atoms with E-state index in [0.29, 0.717) is 5.69 Å². The van der Waals surface area contributed by atoms with Crippen LogP contribution in [0.4, 0.5) is 5.69 Å². The third-order valence-corrected chi connectivity index (χ3v) is 3.48. The van der Waals surface area contributed by atoms with Crippen LogP contribution in [0.1, 0.15) is 12.6 Å². The summed E-state index contributed by atoms with van der Waals surface area (Å²) in [5.41, 5.74) is 0.362. The number of benzene rings is 1. The Bertz CT molecular complexity index is 604. The lowest BCUT2D eigenvalue weighted by molar-refractivity contribution is -0.145. The van der Waals surface area contributed by atoms with Gasteiger partial charge in [-0.15, -0.1) is 0 Å². The Morgan fingerprint density at radius 1 is 1.30 bits per heavy atom. The van der Waals surface area contributed by atoms with Crippen LogP contribution in [-0.2, 0) is 15.1 Å². The van der Waals surface area contributed by atoms with Gasteiger partial charge in [0.25, 0.3) is 0 Å². The molecular weight excluding hydrogens is 320 g/mol. The summed E-state index contributed by atoms with van der Waals surface area (Å²) < 4.78 is 5.85. The Morgan fingerprint density at radius 2 is 2.10 bits per heavy atom. The predicted molar refractivity (Wildman–Crippen MR) is 81.4 cm³/mol. The first kappa shape index (κ1) is 14.5. The molecule has 20 heavy (non-hydrogen) atoms. The maximum absolute atomic E-state index is 12.2. The van der Waals surface area contributed by atoms with Crippen molar-refractivity contribution in [3.63, 3.8) is 0 Å². The number of carbonyl (C=O) groups is 1. The number of aromatic nitrogens is 1. The normalized spacial score (nSPS) is 13.3. The number of halogens is 1. The maximum atomic E-state index is 12.2. The minimum Gasteiger partial charge on any atom is -0.467 e. The second kappa shape index (κ2) is 6.05. The molecule has 0 fully saturated rings. The molecule has 1 aromatic carbocycles. The average Bonchev–Trinajstić information content (AvgIpc) is 2.47. The van der Waals surface area contributed by atoms with E-state index in [1.807, 2.05) is 30.3 Å². The van der Waals surface area contributed by atoms with Crippen LogP contribution in [0.2, 0.25) is 0 Å². The van der Waals surface area contributed by atoms with Crippen molar-refractivity contribution in [2.75, 3.05) is 12.4 Å². The molecule has 4 nitrogen and oxygen atoms in total. The lowest BCUT2D eigenvalue weighted by Crippen LogP contribution is -2.42. The second-order valence-electron chi connectivity index (χ2n) is 4.47. The van der Waals surface area contributed by atoms with Gasteiger partial charge in [0.1, 0.15) is 0 Å². The molecule has 0 radical (unpaired) electrons. The summed E-state index contributed by atoms with van der Waals surface area (Å²) in [6.07, 6.45) is 1.65. The van der Waals surface area contributed by atoms with E-state index < -0.39 is 11.5 Å². The van der Waals surface area contributed by atoms with E-state index in [4.69, 9.17) is 4.74 Å². The van der Waals surface area contributed by atoms with Crippen molar-refractivity contribution >= 4 is 27.6 Å². The molecule has 0 spiro atoms. The lowest BCUT2D eigenvalue weighted by Gasteiger charge is -2.28. The fourth-order valence-electron chi connectivity index (χ4n) is 1.94. The molecular formula is C15H15BrN2O2. The average molecular weight is 335 g/mol. The molecule has 1 aromatic heterocycles. The van der Waals surface area contributed by atoms with Gasteiger partial charge < -0.3 is 10.1 Å². The van der Waals surface area contributed by atoms with Gasteiger partial charge in [-0.3, -0.25) is 4.98 Å². The number of nitrogens with zero attached hydrogens (tertiary/aromatic N) is 1. The van der Waals surface area contributed by atoms with Crippen molar-refractivity contribution in [1.29, 1.82) is 0 Å². The van der Waals surface area contributed by atoms with Crippen LogP contribution < -0.4 is 5.32 Å². The summed E-state index contributed by atoms with van der Waals surface area (Å²) in [6.45, 7) is 1.75. The van der Waals surface area contributed by atoms with E-state index in [2.05, 4.69) is 26.2 Å². The van der Waals surface area contributed by atoms with Crippen molar-refractivity contribution in [1.82, 2.24) is 4.98 Å². The standard InChI is InChI=1S/C15H15BrN2O2/c1-15(14(19)20-2,13-8-3-4-9-17-13)18-12-7-5-6-11(16)10-12/h3-10,18H,1-2H3. The first-order valence-electron chi connectivity index (χ1n) is 6.10. The molecule has 0 saturated heterocycles. The molecule has 0 bridgehead atoms. The zero-order valence-corrected chi connectivity index (χ0v) is 12.8. The van der Waals surface area contributed by atoms with E-state index in [0.717, 1.165) is 10.2 Å². The molecule has 0 amide bonds. The van der Waals surface area contributed by atoms with Crippen LogP contribution in [0.5, 0.6) is 0 Å². The number of pyridine rings is 1. The van der Waals surface area contributed by atoms with Gasteiger partial charge in [-0.25, -0.2) is 4.79 Å². The fraction of sp³-hybridized carbons (Fsp3) is 0.200. The first-order valence-corrected chi connectivity index (χ1v) is 6.89. The molecule has 5 heteroatoms. The molecule has 2 rings (SSSR count).